The molecule has 0 amide bonds. The summed E-state index contributed by atoms with van der Waals surface area (Å²) in [4.78, 5) is 0. The van der Waals surface area contributed by atoms with Crippen LogP contribution in [0.3, 0.4) is 0 Å². The third-order valence-corrected chi connectivity index (χ3v) is 6.61. The van der Waals surface area contributed by atoms with Crippen molar-refractivity contribution >= 4 is 10.1 Å². The Morgan fingerprint density at radius 2 is 1.27 bits per heavy atom. The summed E-state index contributed by atoms with van der Waals surface area (Å²) in [5.74, 6) is 0.424. The van der Waals surface area contributed by atoms with Crippen LogP contribution in [0.15, 0.2) is 24.3 Å². The van der Waals surface area contributed by atoms with Gasteiger partial charge in [-0.15, -0.1) is 0 Å². The van der Waals surface area contributed by atoms with Gasteiger partial charge in [0.25, 0.3) is 0 Å². The maximum absolute atomic E-state index is 12.7. The maximum Gasteiger partial charge on any atom is 0.312 e. The van der Waals surface area contributed by atoms with Gasteiger partial charge in [0.15, 0.2) is 0 Å². The average Bonchev–Trinajstić information content (AvgIpc) is 2.61. The van der Waals surface area contributed by atoms with Gasteiger partial charge >= 0.3 is 10.1 Å². The lowest BCUT2D eigenvalue weighted by molar-refractivity contribution is 0.449. The molecule has 26 heavy (non-hydrogen) atoms. The van der Waals surface area contributed by atoms with E-state index < -0.39 is 10.1 Å². The van der Waals surface area contributed by atoms with Crippen molar-refractivity contribution in [1.29, 1.82) is 0 Å². The number of unbranched alkanes of at least 4 members (excludes halogenated alkanes) is 8. The largest absolute Gasteiger partial charge is 0.382 e. The highest BCUT2D eigenvalue weighted by molar-refractivity contribution is 7.87. The molecule has 0 heterocycles. The van der Waals surface area contributed by atoms with Gasteiger partial charge in [-0.05, 0) is 31.9 Å². The average molecular weight is 383 g/mol. The van der Waals surface area contributed by atoms with E-state index in [4.69, 9.17) is 4.18 Å². The summed E-state index contributed by atoms with van der Waals surface area (Å²) in [6, 6.07) is 7.23. The van der Waals surface area contributed by atoms with E-state index in [2.05, 4.69) is 13.8 Å². The van der Waals surface area contributed by atoms with Crippen molar-refractivity contribution in [2.45, 2.75) is 103 Å². The molecule has 0 aliphatic heterocycles. The second kappa shape index (κ2) is 13.2. The van der Waals surface area contributed by atoms with Gasteiger partial charge in [-0.25, -0.2) is 0 Å². The lowest BCUT2D eigenvalue weighted by Gasteiger charge is -2.18. The smallest absolute Gasteiger partial charge is 0.312 e. The van der Waals surface area contributed by atoms with Crippen LogP contribution in [0.25, 0.3) is 0 Å². The molecule has 0 saturated carbocycles. The first-order valence-electron chi connectivity index (χ1n) is 10.5. The zero-order chi connectivity index (χ0) is 19.3. The molecule has 0 fully saturated rings. The highest BCUT2D eigenvalue weighted by Gasteiger charge is 2.26. The molecule has 0 aromatic heterocycles. The van der Waals surface area contributed by atoms with Gasteiger partial charge in [-0.1, -0.05) is 95.8 Å². The third kappa shape index (κ3) is 9.61. The van der Waals surface area contributed by atoms with Crippen LogP contribution in [0.1, 0.15) is 96.5 Å². The molecular weight excluding hydrogens is 344 g/mol. The Hall–Kier alpha value is -1.03. The van der Waals surface area contributed by atoms with Crippen molar-refractivity contribution in [3.8, 4) is 5.75 Å². The molecule has 0 saturated heterocycles. The monoisotopic (exact) mass is 382 g/mol. The summed E-state index contributed by atoms with van der Waals surface area (Å²) in [6.45, 7) is 6.31. The zero-order valence-electron chi connectivity index (χ0n) is 17.0. The first-order chi connectivity index (χ1) is 12.5. The molecule has 1 atom stereocenters. The second-order valence-corrected chi connectivity index (χ2v) is 9.24. The van der Waals surface area contributed by atoms with Crippen molar-refractivity contribution in [1.82, 2.24) is 0 Å². The molecule has 0 aliphatic rings. The second-order valence-electron chi connectivity index (χ2n) is 7.42. The quantitative estimate of drug-likeness (QED) is 0.248. The normalized spacial score (nSPS) is 12.9. The van der Waals surface area contributed by atoms with Crippen LogP contribution in [-0.4, -0.2) is 13.7 Å². The predicted octanol–water partition coefficient (Wildman–Crippen LogP) is 6.79. The third-order valence-electron chi connectivity index (χ3n) is 4.90. The minimum Gasteiger partial charge on any atom is -0.382 e. The highest BCUT2D eigenvalue weighted by Crippen LogP contribution is 2.23. The Morgan fingerprint density at radius 3 is 1.85 bits per heavy atom. The minimum atomic E-state index is -3.57. The molecule has 4 heteroatoms. The van der Waals surface area contributed by atoms with Crippen LogP contribution in [0.5, 0.6) is 5.75 Å². The van der Waals surface area contributed by atoms with Gasteiger partial charge in [0.2, 0.25) is 0 Å². The van der Waals surface area contributed by atoms with Gasteiger partial charge in [-0.2, -0.15) is 8.42 Å². The van der Waals surface area contributed by atoms with E-state index in [9.17, 15) is 8.42 Å². The predicted molar refractivity (Wildman–Crippen MR) is 111 cm³/mol. The number of aryl methyl sites for hydroxylation is 1. The molecule has 0 N–H and O–H groups in total. The topological polar surface area (TPSA) is 43.4 Å². The molecule has 0 radical (unpaired) electrons. The number of rotatable bonds is 15. The van der Waals surface area contributed by atoms with Crippen molar-refractivity contribution in [2.24, 2.45) is 0 Å². The summed E-state index contributed by atoms with van der Waals surface area (Å²) in [5, 5.41) is -0.385. The Kier molecular flexibility index (Phi) is 11.7. The van der Waals surface area contributed by atoms with Crippen LogP contribution in [-0.2, 0) is 10.1 Å². The molecule has 150 valence electrons. The maximum atomic E-state index is 12.7. The van der Waals surface area contributed by atoms with Crippen LogP contribution in [0.2, 0.25) is 0 Å². The molecule has 3 nitrogen and oxygen atoms in total. The SMILES string of the molecule is CCCCCCCCCCC(CCCC)S(=O)(=O)Oc1ccc(C)cc1. The van der Waals surface area contributed by atoms with Gasteiger partial charge in [0.05, 0.1) is 5.25 Å². The van der Waals surface area contributed by atoms with Crippen molar-refractivity contribution in [3.63, 3.8) is 0 Å². The lowest BCUT2D eigenvalue weighted by Crippen LogP contribution is -2.26. The van der Waals surface area contributed by atoms with E-state index in [0.29, 0.717) is 18.6 Å². The summed E-state index contributed by atoms with van der Waals surface area (Å²) < 4.78 is 30.8. The zero-order valence-corrected chi connectivity index (χ0v) is 17.8. The van der Waals surface area contributed by atoms with Gasteiger partial charge in [0, 0.05) is 0 Å². The van der Waals surface area contributed by atoms with E-state index >= 15 is 0 Å². The Balaban J connectivity index is 2.46. The molecule has 0 aliphatic carbocycles. The van der Waals surface area contributed by atoms with E-state index in [1.54, 1.807) is 12.1 Å². The number of benzene rings is 1. The molecular formula is C22H38O3S. The van der Waals surface area contributed by atoms with Crippen molar-refractivity contribution in [2.75, 3.05) is 0 Å². The number of hydrogen-bond donors (Lipinski definition) is 0. The van der Waals surface area contributed by atoms with Crippen LogP contribution >= 0.6 is 0 Å². The van der Waals surface area contributed by atoms with Crippen molar-refractivity contribution < 1.29 is 12.6 Å². The standard InChI is InChI=1S/C22H38O3S/c1-4-6-8-9-10-11-12-13-15-22(14-7-5-2)26(23,24)25-21-18-16-20(3)17-19-21/h16-19,22H,4-15H2,1-3H3. The summed E-state index contributed by atoms with van der Waals surface area (Å²) >= 11 is 0. The highest BCUT2D eigenvalue weighted by atomic mass is 32.2. The molecule has 1 aromatic rings. The fraction of sp³-hybridized carbons (Fsp3) is 0.727. The Labute approximate surface area is 161 Å². The summed E-state index contributed by atoms with van der Waals surface area (Å²) in [6.07, 6.45) is 13.2. The fourth-order valence-corrected chi connectivity index (χ4v) is 4.59. The first-order valence-corrected chi connectivity index (χ1v) is 12.0. The Bertz CT molecular complexity index is 564. The Morgan fingerprint density at radius 1 is 0.769 bits per heavy atom. The lowest BCUT2D eigenvalue weighted by atomic mass is 10.0. The van der Waals surface area contributed by atoms with Gasteiger partial charge in [0.1, 0.15) is 5.75 Å². The molecule has 0 spiro atoms. The minimum absolute atomic E-state index is 0.385. The molecule has 1 unspecified atom stereocenters. The van der Waals surface area contributed by atoms with E-state index in [1.807, 2.05) is 19.1 Å². The first kappa shape index (κ1) is 23.0. The summed E-state index contributed by atoms with van der Waals surface area (Å²) in [7, 11) is -3.57. The van der Waals surface area contributed by atoms with E-state index in [1.165, 1.54) is 38.5 Å². The van der Waals surface area contributed by atoms with Gasteiger partial charge < -0.3 is 4.18 Å². The van der Waals surface area contributed by atoms with Crippen LogP contribution in [0, 0.1) is 6.92 Å². The fourth-order valence-electron chi connectivity index (χ4n) is 3.17. The number of hydrogen-bond acceptors (Lipinski definition) is 3. The molecule has 0 bridgehead atoms. The van der Waals surface area contributed by atoms with E-state index in [-0.39, 0.29) is 5.25 Å². The molecule has 1 aromatic carbocycles. The molecule has 1 rings (SSSR count). The van der Waals surface area contributed by atoms with Gasteiger partial charge in [-0.3, -0.25) is 0 Å². The summed E-state index contributed by atoms with van der Waals surface area (Å²) in [5.41, 5.74) is 1.09. The van der Waals surface area contributed by atoms with Crippen LogP contribution in [0.4, 0.5) is 0 Å². The van der Waals surface area contributed by atoms with Crippen LogP contribution < -0.4 is 4.18 Å². The van der Waals surface area contributed by atoms with E-state index in [0.717, 1.165) is 31.2 Å². The van der Waals surface area contributed by atoms with Crippen molar-refractivity contribution in [3.05, 3.63) is 29.8 Å².